The van der Waals surface area contributed by atoms with E-state index in [4.69, 9.17) is 4.74 Å². The number of carbonyl (C=O) groups is 2. The molecular formula is C21H26N6O3. The Balaban J connectivity index is 1.27. The fourth-order valence-electron chi connectivity index (χ4n) is 4.82. The second-order valence-electron chi connectivity index (χ2n) is 8.34. The van der Waals surface area contributed by atoms with Gasteiger partial charge in [0.05, 0.1) is 7.11 Å². The molecule has 2 unspecified atom stereocenters. The smallest absolute Gasteiger partial charge is 0.320 e. The number of ether oxygens (including phenoxy) is 1. The van der Waals surface area contributed by atoms with Gasteiger partial charge in [-0.3, -0.25) is 4.79 Å². The summed E-state index contributed by atoms with van der Waals surface area (Å²) in [5.41, 5.74) is 0.676. The molecule has 0 spiro atoms. The van der Waals surface area contributed by atoms with Crippen molar-refractivity contribution < 1.29 is 14.3 Å². The second-order valence-corrected chi connectivity index (χ2v) is 8.34. The predicted molar refractivity (Wildman–Crippen MR) is 109 cm³/mol. The topological polar surface area (TPSA) is 92.6 Å². The number of methoxy groups -OCH3 is 1. The highest BCUT2D eigenvalue weighted by Gasteiger charge is 2.41. The van der Waals surface area contributed by atoms with Crippen molar-refractivity contribution in [3.05, 3.63) is 35.9 Å². The van der Waals surface area contributed by atoms with Gasteiger partial charge < -0.3 is 24.4 Å². The number of nitrogens with one attached hydrogen (secondary N) is 1. The van der Waals surface area contributed by atoms with Crippen LogP contribution in [0.4, 0.5) is 10.5 Å². The van der Waals surface area contributed by atoms with Crippen molar-refractivity contribution >= 4 is 17.6 Å². The summed E-state index contributed by atoms with van der Waals surface area (Å²) in [7, 11) is 1.60. The van der Waals surface area contributed by atoms with Crippen LogP contribution in [0.3, 0.4) is 0 Å². The lowest BCUT2D eigenvalue weighted by Crippen LogP contribution is -2.40. The Bertz CT molecular complexity index is 950. The first-order chi connectivity index (χ1) is 14.6. The van der Waals surface area contributed by atoms with Crippen LogP contribution in [0.2, 0.25) is 0 Å². The second kappa shape index (κ2) is 7.62. The number of rotatable bonds is 3. The van der Waals surface area contributed by atoms with E-state index in [2.05, 4.69) is 15.5 Å². The van der Waals surface area contributed by atoms with Crippen molar-refractivity contribution in [3.8, 4) is 5.75 Å². The van der Waals surface area contributed by atoms with Crippen LogP contribution in [0, 0.1) is 11.8 Å². The number of hydrogen-bond acceptors (Lipinski definition) is 5. The Hall–Kier alpha value is -3.10. The van der Waals surface area contributed by atoms with Crippen LogP contribution in [-0.2, 0) is 13.0 Å². The van der Waals surface area contributed by atoms with E-state index in [9.17, 15) is 9.59 Å². The zero-order valence-corrected chi connectivity index (χ0v) is 17.1. The molecule has 158 valence electrons. The first-order valence-corrected chi connectivity index (χ1v) is 10.5. The van der Waals surface area contributed by atoms with E-state index in [1.807, 2.05) is 14.4 Å². The van der Waals surface area contributed by atoms with Gasteiger partial charge in [-0.1, -0.05) is 0 Å². The van der Waals surface area contributed by atoms with E-state index >= 15 is 0 Å². The fraction of sp³-hybridized carbons (Fsp3) is 0.524. The summed E-state index contributed by atoms with van der Waals surface area (Å²) in [6, 6.07) is 7.33. The Morgan fingerprint density at radius 2 is 1.73 bits per heavy atom. The predicted octanol–water partition coefficient (Wildman–Crippen LogP) is 1.86. The molecule has 2 atom stereocenters. The monoisotopic (exact) mass is 410 g/mol. The molecule has 2 saturated heterocycles. The third kappa shape index (κ3) is 3.38. The van der Waals surface area contributed by atoms with Gasteiger partial charge in [-0.2, -0.15) is 0 Å². The third-order valence-electron chi connectivity index (χ3n) is 6.46. The lowest BCUT2D eigenvalue weighted by atomic mass is 9.89. The van der Waals surface area contributed by atoms with E-state index in [0.717, 1.165) is 57.0 Å². The van der Waals surface area contributed by atoms with E-state index < -0.39 is 0 Å². The molecule has 9 nitrogen and oxygen atoms in total. The summed E-state index contributed by atoms with van der Waals surface area (Å²) < 4.78 is 7.07. The highest BCUT2D eigenvalue weighted by Crippen LogP contribution is 2.33. The van der Waals surface area contributed by atoms with E-state index in [0.29, 0.717) is 29.9 Å². The number of nitrogens with zero attached hydrogens (tertiary/aromatic N) is 5. The molecule has 0 aliphatic carbocycles. The molecule has 0 bridgehead atoms. The maximum absolute atomic E-state index is 12.8. The first-order valence-electron chi connectivity index (χ1n) is 10.5. The van der Waals surface area contributed by atoms with Crippen LogP contribution < -0.4 is 10.1 Å². The minimum absolute atomic E-state index is 0.162. The van der Waals surface area contributed by atoms with Crippen molar-refractivity contribution in [1.82, 2.24) is 24.6 Å². The van der Waals surface area contributed by atoms with Gasteiger partial charge in [0.25, 0.3) is 5.91 Å². The highest BCUT2D eigenvalue weighted by atomic mass is 16.5. The normalized spacial score (nSPS) is 22.6. The minimum Gasteiger partial charge on any atom is -0.497 e. The Kier molecular flexibility index (Phi) is 4.80. The average Bonchev–Trinajstić information content (AvgIpc) is 3.51. The van der Waals surface area contributed by atoms with E-state index in [-0.39, 0.29) is 11.9 Å². The van der Waals surface area contributed by atoms with Gasteiger partial charge in [-0.15, -0.1) is 10.2 Å². The van der Waals surface area contributed by atoms with Crippen LogP contribution in [0.1, 0.15) is 29.3 Å². The summed E-state index contributed by atoms with van der Waals surface area (Å²) in [6.45, 7) is 3.90. The quantitative estimate of drug-likeness (QED) is 0.834. The third-order valence-corrected chi connectivity index (χ3v) is 6.46. The van der Waals surface area contributed by atoms with Crippen molar-refractivity contribution in [1.29, 1.82) is 0 Å². The van der Waals surface area contributed by atoms with Crippen LogP contribution in [0.25, 0.3) is 0 Å². The maximum Gasteiger partial charge on any atom is 0.320 e. The molecule has 30 heavy (non-hydrogen) atoms. The number of urea groups is 1. The van der Waals surface area contributed by atoms with E-state index in [1.54, 1.807) is 31.4 Å². The van der Waals surface area contributed by atoms with Crippen LogP contribution >= 0.6 is 0 Å². The summed E-state index contributed by atoms with van der Waals surface area (Å²) in [6.07, 6.45) is 2.94. The van der Waals surface area contributed by atoms with Gasteiger partial charge in [0.2, 0.25) is 5.82 Å². The molecule has 9 heteroatoms. The maximum atomic E-state index is 12.8. The van der Waals surface area contributed by atoms with Crippen molar-refractivity contribution in [2.24, 2.45) is 11.8 Å². The molecule has 0 saturated carbocycles. The number of amides is 3. The van der Waals surface area contributed by atoms with Gasteiger partial charge in [-0.25, -0.2) is 4.79 Å². The Labute approximate surface area is 175 Å². The number of benzene rings is 1. The highest BCUT2D eigenvalue weighted by molar-refractivity contribution is 6.01. The zero-order chi connectivity index (χ0) is 20.7. The number of carbonyl (C=O) groups excluding carboxylic acids is 2. The average molecular weight is 410 g/mol. The van der Waals surface area contributed by atoms with E-state index in [1.165, 1.54) is 0 Å². The first kappa shape index (κ1) is 18.9. The van der Waals surface area contributed by atoms with Crippen LogP contribution in [0.15, 0.2) is 24.3 Å². The number of likely N-dealkylation sites (tertiary alicyclic amines) is 2. The van der Waals surface area contributed by atoms with Gasteiger partial charge in [0.15, 0.2) is 0 Å². The lowest BCUT2D eigenvalue weighted by Gasteiger charge is -2.25. The summed E-state index contributed by atoms with van der Waals surface area (Å²) in [5.74, 6) is 2.31. The van der Waals surface area contributed by atoms with Gasteiger partial charge in [-0.05, 0) is 48.9 Å². The molecule has 0 radical (unpaired) electrons. The standard InChI is InChI=1S/C21H26N6O3/c1-30-17-6-4-16(5-7-17)22-20(28)19-24-23-18-10-14-11-26(12-15(14)13-27(18)19)21(29)25-8-2-3-9-25/h4-7,14-15H,2-3,8-13H2,1H3,(H,22,28). The summed E-state index contributed by atoms with van der Waals surface area (Å²) >= 11 is 0. The van der Waals surface area contributed by atoms with Crippen LogP contribution in [-0.4, -0.2) is 69.8 Å². The number of anilines is 1. The van der Waals surface area contributed by atoms with Crippen molar-refractivity contribution in [3.63, 3.8) is 0 Å². The fourth-order valence-corrected chi connectivity index (χ4v) is 4.82. The number of fused-ring (bicyclic) bond motifs is 2. The largest absolute Gasteiger partial charge is 0.497 e. The molecule has 5 rings (SSSR count). The molecule has 3 amide bonds. The number of hydrogen-bond donors (Lipinski definition) is 1. The van der Waals surface area contributed by atoms with Gasteiger partial charge in [0, 0.05) is 44.8 Å². The molecule has 2 aromatic rings. The lowest BCUT2D eigenvalue weighted by molar-refractivity contribution is 0.100. The zero-order valence-electron chi connectivity index (χ0n) is 17.1. The molecule has 4 heterocycles. The minimum atomic E-state index is -0.277. The molecular weight excluding hydrogens is 384 g/mol. The molecule has 3 aliphatic heterocycles. The molecule has 2 fully saturated rings. The Morgan fingerprint density at radius 1 is 1.00 bits per heavy atom. The van der Waals surface area contributed by atoms with Crippen molar-refractivity contribution in [2.75, 3.05) is 38.6 Å². The van der Waals surface area contributed by atoms with Gasteiger partial charge >= 0.3 is 6.03 Å². The SMILES string of the molecule is COc1ccc(NC(=O)c2nnc3n2CC2CN(C(=O)N4CCCC4)CC2C3)cc1. The summed E-state index contributed by atoms with van der Waals surface area (Å²) in [5, 5.41) is 11.3. The Morgan fingerprint density at radius 3 is 2.47 bits per heavy atom. The number of aromatic nitrogens is 3. The van der Waals surface area contributed by atoms with Gasteiger partial charge in [0.1, 0.15) is 11.6 Å². The van der Waals surface area contributed by atoms with Crippen LogP contribution in [0.5, 0.6) is 5.75 Å². The molecule has 1 N–H and O–H groups in total. The summed E-state index contributed by atoms with van der Waals surface area (Å²) in [4.78, 5) is 29.5. The molecule has 1 aromatic heterocycles. The molecule has 3 aliphatic rings. The van der Waals surface area contributed by atoms with Crippen molar-refractivity contribution in [2.45, 2.75) is 25.8 Å². The molecule has 1 aromatic carbocycles.